The molecule has 0 aliphatic carbocycles. The van der Waals surface area contributed by atoms with Crippen LogP contribution in [0, 0.1) is 4.91 Å². The van der Waals surface area contributed by atoms with Gasteiger partial charge >= 0.3 is 6.03 Å². The molecule has 2 aromatic rings. The van der Waals surface area contributed by atoms with Gasteiger partial charge in [-0.1, -0.05) is 0 Å². The Labute approximate surface area is 124 Å². The number of nitroso groups, excluding NO2 is 1. The minimum absolute atomic E-state index is 0.108. The van der Waals surface area contributed by atoms with E-state index in [-0.39, 0.29) is 6.54 Å². The lowest BCUT2D eigenvalue weighted by atomic mass is 10.1. The van der Waals surface area contributed by atoms with Crippen molar-refractivity contribution < 1.29 is 14.0 Å². The zero-order valence-electron chi connectivity index (χ0n) is 11.2. The van der Waals surface area contributed by atoms with Crippen LogP contribution in [0.5, 0.6) is 0 Å². The number of carbonyl (C=O) groups excluding carboxylic acids is 2. The Morgan fingerprint density at radius 3 is 2.55 bits per heavy atom. The number of imide groups is 1. The first-order valence-electron chi connectivity index (χ1n) is 6.34. The highest BCUT2D eigenvalue weighted by Gasteiger charge is 2.25. The van der Waals surface area contributed by atoms with E-state index in [1.54, 1.807) is 36.4 Å². The van der Waals surface area contributed by atoms with Gasteiger partial charge in [-0.05, 0) is 41.6 Å². The predicted molar refractivity (Wildman–Crippen MR) is 77.4 cm³/mol. The SMILES string of the molecule is O=Nc1ccc(-c2ccc(/C=N/N3CC(=O)NC3=O)o2)cc1. The summed E-state index contributed by atoms with van der Waals surface area (Å²) in [5, 5.41) is 9.83. The molecule has 2 heterocycles. The van der Waals surface area contributed by atoms with Gasteiger partial charge in [0, 0.05) is 5.56 Å². The van der Waals surface area contributed by atoms with Gasteiger partial charge in [0.15, 0.2) is 0 Å². The van der Waals surface area contributed by atoms with Crippen LogP contribution in [-0.2, 0) is 4.79 Å². The highest BCUT2D eigenvalue weighted by atomic mass is 16.3. The summed E-state index contributed by atoms with van der Waals surface area (Å²) in [4.78, 5) is 32.7. The van der Waals surface area contributed by atoms with E-state index in [0.29, 0.717) is 17.2 Å². The molecule has 0 unspecified atom stereocenters. The van der Waals surface area contributed by atoms with Crippen LogP contribution < -0.4 is 5.32 Å². The maximum absolute atomic E-state index is 11.3. The van der Waals surface area contributed by atoms with Gasteiger partial charge < -0.3 is 4.42 Å². The van der Waals surface area contributed by atoms with Crippen molar-refractivity contribution in [3.63, 3.8) is 0 Å². The number of rotatable bonds is 4. The molecule has 1 aromatic carbocycles. The first-order valence-corrected chi connectivity index (χ1v) is 6.34. The topological polar surface area (TPSA) is 104 Å². The summed E-state index contributed by atoms with van der Waals surface area (Å²) in [6.07, 6.45) is 1.35. The predicted octanol–water partition coefficient (Wildman–Crippen LogP) is 2.23. The summed E-state index contributed by atoms with van der Waals surface area (Å²) in [6.45, 7) is -0.108. The Balaban J connectivity index is 1.74. The molecule has 22 heavy (non-hydrogen) atoms. The number of carbonyl (C=O) groups is 2. The monoisotopic (exact) mass is 298 g/mol. The minimum Gasteiger partial charge on any atom is -0.455 e. The van der Waals surface area contributed by atoms with Crippen molar-refractivity contribution in [1.29, 1.82) is 0 Å². The largest absolute Gasteiger partial charge is 0.455 e. The number of nitrogens with zero attached hydrogens (tertiary/aromatic N) is 3. The molecule has 0 atom stereocenters. The number of nitrogens with one attached hydrogen (secondary N) is 1. The van der Waals surface area contributed by atoms with Crippen molar-refractivity contribution in [2.75, 3.05) is 6.54 Å². The Morgan fingerprint density at radius 2 is 1.91 bits per heavy atom. The Morgan fingerprint density at radius 1 is 1.14 bits per heavy atom. The molecule has 0 bridgehead atoms. The molecule has 0 saturated carbocycles. The van der Waals surface area contributed by atoms with E-state index < -0.39 is 11.9 Å². The second-order valence-electron chi connectivity index (χ2n) is 4.50. The second-order valence-corrected chi connectivity index (χ2v) is 4.50. The van der Waals surface area contributed by atoms with Crippen LogP contribution >= 0.6 is 0 Å². The Hall–Kier alpha value is -3.29. The van der Waals surface area contributed by atoms with E-state index >= 15 is 0 Å². The normalized spacial score (nSPS) is 14.6. The van der Waals surface area contributed by atoms with Gasteiger partial charge in [0.1, 0.15) is 23.8 Å². The molecule has 1 aliphatic rings. The average Bonchev–Trinajstić information content (AvgIpc) is 3.12. The van der Waals surface area contributed by atoms with Crippen LogP contribution in [0.2, 0.25) is 0 Å². The molecule has 1 aliphatic heterocycles. The van der Waals surface area contributed by atoms with Gasteiger partial charge in [-0.15, -0.1) is 4.91 Å². The van der Waals surface area contributed by atoms with Crippen molar-refractivity contribution in [3.8, 4) is 11.3 Å². The number of amides is 3. The summed E-state index contributed by atoms with van der Waals surface area (Å²) in [5.41, 5.74) is 1.11. The summed E-state index contributed by atoms with van der Waals surface area (Å²) >= 11 is 0. The molecule has 3 amide bonds. The molecule has 0 radical (unpaired) electrons. The van der Waals surface area contributed by atoms with Crippen molar-refractivity contribution in [1.82, 2.24) is 10.3 Å². The number of hydrazone groups is 1. The zero-order chi connectivity index (χ0) is 15.5. The number of furan rings is 1. The molecule has 1 fully saturated rings. The summed E-state index contributed by atoms with van der Waals surface area (Å²) in [5.74, 6) is 0.617. The number of hydrogen-bond acceptors (Lipinski definition) is 6. The standard InChI is InChI=1S/C14H10N4O4/c19-13-8-18(14(20)16-13)15-7-11-5-6-12(22-11)9-1-3-10(17-21)4-2-9/h1-7H,8H2,(H,16,19,20)/b15-7+. The third kappa shape index (κ3) is 2.75. The van der Waals surface area contributed by atoms with E-state index in [0.717, 1.165) is 10.6 Å². The summed E-state index contributed by atoms with van der Waals surface area (Å²) < 4.78 is 5.56. The number of hydrogen-bond donors (Lipinski definition) is 1. The summed E-state index contributed by atoms with van der Waals surface area (Å²) in [7, 11) is 0. The van der Waals surface area contributed by atoms with Gasteiger partial charge in [0.05, 0.1) is 6.21 Å². The van der Waals surface area contributed by atoms with Crippen molar-refractivity contribution in [2.24, 2.45) is 10.3 Å². The minimum atomic E-state index is -0.565. The Bertz CT molecular complexity index is 763. The second kappa shape index (κ2) is 5.60. The fourth-order valence-electron chi connectivity index (χ4n) is 1.91. The molecule has 1 saturated heterocycles. The van der Waals surface area contributed by atoms with Crippen LogP contribution in [0.1, 0.15) is 5.76 Å². The van der Waals surface area contributed by atoms with Crippen LogP contribution in [0.4, 0.5) is 10.5 Å². The lowest BCUT2D eigenvalue weighted by Gasteiger charge is -2.02. The lowest BCUT2D eigenvalue weighted by molar-refractivity contribution is -0.118. The molecule has 0 spiro atoms. The van der Waals surface area contributed by atoms with Gasteiger partial charge in [-0.3, -0.25) is 10.1 Å². The highest BCUT2D eigenvalue weighted by molar-refractivity contribution is 6.02. The number of benzene rings is 1. The Kier molecular flexibility index (Phi) is 3.48. The average molecular weight is 298 g/mol. The maximum Gasteiger partial charge on any atom is 0.344 e. The molecular formula is C14H10N4O4. The van der Waals surface area contributed by atoms with Crippen molar-refractivity contribution >= 4 is 23.8 Å². The molecule has 110 valence electrons. The number of urea groups is 1. The third-order valence-electron chi connectivity index (χ3n) is 2.98. The van der Waals surface area contributed by atoms with Crippen LogP contribution in [0.15, 0.2) is 51.1 Å². The van der Waals surface area contributed by atoms with E-state index in [1.807, 2.05) is 0 Å². The zero-order valence-corrected chi connectivity index (χ0v) is 11.2. The van der Waals surface area contributed by atoms with Crippen LogP contribution in [0.3, 0.4) is 0 Å². The van der Waals surface area contributed by atoms with Gasteiger partial charge in [0.2, 0.25) is 5.91 Å². The van der Waals surface area contributed by atoms with Gasteiger partial charge in [-0.25, -0.2) is 9.80 Å². The quantitative estimate of drug-likeness (QED) is 0.531. The maximum atomic E-state index is 11.3. The molecular weight excluding hydrogens is 288 g/mol. The van der Waals surface area contributed by atoms with E-state index in [4.69, 9.17) is 4.42 Å². The van der Waals surface area contributed by atoms with E-state index in [1.165, 1.54) is 6.21 Å². The van der Waals surface area contributed by atoms with E-state index in [9.17, 15) is 14.5 Å². The third-order valence-corrected chi connectivity index (χ3v) is 2.98. The lowest BCUT2D eigenvalue weighted by Crippen LogP contribution is -2.24. The molecule has 1 N–H and O–H groups in total. The first kappa shape index (κ1) is 13.7. The molecule has 8 nitrogen and oxygen atoms in total. The first-order chi connectivity index (χ1) is 10.7. The van der Waals surface area contributed by atoms with Gasteiger partial charge in [0.25, 0.3) is 0 Å². The fraction of sp³-hybridized carbons (Fsp3) is 0.0714. The molecule has 8 heteroatoms. The molecule has 1 aromatic heterocycles. The van der Waals surface area contributed by atoms with Gasteiger partial charge in [-0.2, -0.15) is 5.10 Å². The summed E-state index contributed by atoms with van der Waals surface area (Å²) in [6, 6.07) is 9.44. The van der Waals surface area contributed by atoms with E-state index in [2.05, 4.69) is 15.6 Å². The fourth-order valence-corrected chi connectivity index (χ4v) is 1.91. The highest BCUT2D eigenvalue weighted by Crippen LogP contribution is 2.24. The van der Waals surface area contributed by atoms with Crippen molar-refractivity contribution in [2.45, 2.75) is 0 Å². The van der Waals surface area contributed by atoms with Crippen LogP contribution in [0.25, 0.3) is 11.3 Å². The van der Waals surface area contributed by atoms with Crippen LogP contribution in [-0.4, -0.2) is 29.7 Å². The smallest absolute Gasteiger partial charge is 0.344 e. The van der Waals surface area contributed by atoms with Crippen molar-refractivity contribution in [3.05, 3.63) is 47.1 Å². The molecule has 3 rings (SSSR count).